The van der Waals surface area contributed by atoms with Gasteiger partial charge in [-0.25, -0.2) is 8.42 Å². The fourth-order valence-corrected chi connectivity index (χ4v) is 4.41. The van der Waals surface area contributed by atoms with Crippen LogP contribution in [-0.2, 0) is 14.8 Å². The average molecular weight is 423 g/mol. The third kappa shape index (κ3) is 5.21. The second-order valence-corrected chi connectivity index (χ2v) is 8.19. The zero-order chi connectivity index (χ0) is 21.8. The summed E-state index contributed by atoms with van der Waals surface area (Å²) in [6.07, 6.45) is 0. The number of rotatable bonds is 8. The first-order chi connectivity index (χ1) is 13.6. The standard InChI is InChI=1S/C19H26N4O5S/c1-6-23(7-2)19(25)15-9-8-10-16(11-15)20-18(24)13(4)22-29(26,27)17-12(3)21-28-14(17)5/h8-11,13,22H,6-7H2,1-5H3,(H,20,24)/t13-/m0/s1. The first-order valence-electron chi connectivity index (χ1n) is 9.26. The Morgan fingerprint density at radius 2 is 1.86 bits per heavy atom. The molecule has 158 valence electrons. The number of sulfonamides is 1. The fraction of sp³-hybridized carbons (Fsp3) is 0.421. The Labute approximate surface area is 170 Å². The van der Waals surface area contributed by atoms with Gasteiger partial charge >= 0.3 is 0 Å². The van der Waals surface area contributed by atoms with E-state index in [1.165, 1.54) is 20.8 Å². The summed E-state index contributed by atoms with van der Waals surface area (Å²) in [5, 5.41) is 6.26. The molecule has 2 rings (SSSR count). The molecule has 0 unspecified atom stereocenters. The highest BCUT2D eigenvalue weighted by molar-refractivity contribution is 7.89. The summed E-state index contributed by atoms with van der Waals surface area (Å²) < 4.78 is 32.3. The smallest absolute Gasteiger partial charge is 0.253 e. The average Bonchev–Trinajstić information content (AvgIpc) is 3.01. The van der Waals surface area contributed by atoms with Gasteiger partial charge < -0.3 is 14.7 Å². The summed E-state index contributed by atoms with van der Waals surface area (Å²) in [7, 11) is -3.98. The predicted octanol–water partition coefficient (Wildman–Crippen LogP) is 2.08. The van der Waals surface area contributed by atoms with Crippen LogP contribution in [0, 0.1) is 13.8 Å². The molecule has 0 bridgehead atoms. The Kier molecular flexibility index (Phi) is 7.15. The second-order valence-electron chi connectivity index (χ2n) is 6.54. The number of carbonyl (C=O) groups excluding carboxylic acids is 2. The van der Waals surface area contributed by atoms with Gasteiger partial charge in [0.2, 0.25) is 15.9 Å². The predicted molar refractivity (Wildman–Crippen MR) is 108 cm³/mol. The normalized spacial score (nSPS) is 12.4. The highest BCUT2D eigenvalue weighted by Crippen LogP contribution is 2.19. The minimum Gasteiger partial charge on any atom is -0.360 e. The third-order valence-corrected chi connectivity index (χ3v) is 6.17. The molecule has 1 aromatic carbocycles. The van der Waals surface area contributed by atoms with Crippen molar-refractivity contribution < 1.29 is 22.5 Å². The molecule has 0 aliphatic rings. The first-order valence-corrected chi connectivity index (χ1v) is 10.7. The monoisotopic (exact) mass is 422 g/mol. The molecule has 1 aromatic heterocycles. The fourth-order valence-electron chi connectivity index (χ4n) is 2.88. The molecule has 1 atom stereocenters. The van der Waals surface area contributed by atoms with Crippen molar-refractivity contribution in [2.24, 2.45) is 0 Å². The molecular weight excluding hydrogens is 396 g/mol. The lowest BCUT2D eigenvalue weighted by molar-refractivity contribution is -0.117. The largest absolute Gasteiger partial charge is 0.360 e. The highest BCUT2D eigenvalue weighted by atomic mass is 32.2. The molecular formula is C19H26N4O5S. The number of nitrogens with one attached hydrogen (secondary N) is 2. The highest BCUT2D eigenvalue weighted by Gasteiger charge is 2.28. The van der Waals surface area contributed by atoms with Gasteiger partial charge in [-0.05, 0) is 52.8 Å². The Hall–Kier alpha value is -2.72. The quantitative estimate of drug-likeness (QED) is 0.672. The lowest BCUT2D eigenvalue weighted by atomic mass is 10.1. The van der Waals surface area contributed by atoms with Gasteiger partial charge in [-0.1, -0.05) is 11.2 Å². The minimum atomic E-state index is -3.98. The number of aromatic nitrogens is 1. The van der Waals surface area contributed by atoms with Gasteiger partial charge in [-0.15, -0.1) is 0 Å². The summed E-state index contributed by atoms with van der Waals surface area (Å²) in [6.45, 7) is 9.35. The number of hydrogen-bond donors (Lipinski definition) is 2. The van der Waals surface area contributed by atoms with Crippen molar-refractivity contribution in [1.29, 1.82) is 0 Å². The van der Waals surface area contributed by atoms with Gasteiger partial charge in [0.05, 0.1) is 6.04 Å². The third-order valence-electron chi connectivity index (χ3n) is 4.39. The number of benzene rings is 1. The van der Waals surface area contributed by atoms with E-state index in [0.717, 1.165) is 0 Å². The number of hydrogen-bond acceptors (Lipinski definition) is 6. The molecule has 0 fully saturated rings. The van der Waals surface area contributed by atoms with Crippen LogP contribution in [0.15, 0.2) is 33.7 Å². The maximum absolute atomic E-state index is 12.5. The van der Waals surface area contributed by atoms with Crippen LogP contribution in [0.1, 0.15) is 42.6 Å². The van der Waals surface area contributed by atoms with Crippen molar-refractivity contribution in [3.05, 3.63) is 41.3 Å². The number of aryl methyl sites for hydroxylation is 2. The van der Waals surface area contributed by atoms with Crippen LogP contribution in [0.3, 0.4) is 0 Å². The maximum Gasteiger partial charge on any atom is 0.253 e. The van der Waals surface area contributed by atoms with E-state index < -0.39 is 22.0 Å². The molecule has 2 N–H and O–H groups in total. The SMILES string of the molecule is CCN(CC)C(=O)c1cccc(NC(=O)[C@H](C)NS(=O)(=O)c2c(C)noc2C)c1. The van der Waals surface area contributed by atoms with E-state index in [4.69, 9.17) is 4.52 Å². The minimum absolute atomic E-state index is 0.0797. The molecule has 9 nitrogen and oxygen atoms in total. The van der Waals surface area contributed by atoms with Crippen LogP contribution in [0.2, 0.25) is 0 Å². The Morgan fingerprint density at radius 3 is 2.41 bits per heavy atom. The molecule has 2 amide bonds. The molecule has 2 aromatic rings. The van der Waals surface area contributed by atoms with Gasteiger partial charge in [0.15, 0.2) is 5.76 Å². The summed E-state index contributed by atoms with van der Waals surface area (Å²) >= 11 is 0. The number of amides is 2. The zero-order valence-electron chi connectivity index (χ0n) is 17.1. The Balaban J connectivity index is 2.12. The molecule has 0 aliphatic carbocycles. The maximum atomic E-state index is 12.5. The van der Waals surface area contributed by atoms with Crippen molar-refractivity contribution in [2.45, 2.75) is 45.6 Å². The molecule has 1 heterocycles. The molecule has 0 saturated heterocycles. The van der Waals surface area contributed by atoms with E-state index >= 15 is 0 Å². The summed E-state index contributed by atoms with van der Waals surface area (Å²) in [5.74, 6) is -0.559. The summed E-state index contributed by atoms with van der Waals surface area (Å²) in [4.78, 5) is 26.5. The number of anilines is 1. The van der Waals surface area contributed by atoms with Crippen LogP contribution in [0.25, 0.3) is 0 Å². The topological polar surface area (TPSA) is 122 Å². The van der Waals surface area contributed by atoms with E-state index in [1.54, 1.807) is 29.2 Å². The summed E-state index contributed by atoms with van der Waals surface area (Å²) in [5.41, 5.74) is 1.05. The van der Waals surface area contributed by atoms with Gasteiger partial charge in [-0.3, -0.25) is 9.59 Å². The lowest BCUT2D eigenvalue weighted by Gasteiger charge is -2.19. The Bertz CT molecular complexity index is 976. The van der Waals surface area contributed by atoms with Crippen LogP contribution in [0.4, 0.5) is 5.69 Å². The van der Waals surface area contributed by atoms with Gasteiger partial charge in [-0.2, -0.15) is 4.72 Å². The van der Waals surface area contributed by atoms with Crippen LogP contribution < -0.4 is 10.0 Å². The molecule has 29 heavy (non-hydrogen) atoms. The number of nitrogens with zero attached hydrogens (tertiary/aromatic N) is 2. The van der Waals surface area contributed by atoms with Crippen molar-refractivity contribution >= 4 is 27.5 Å². The second kappa shape index (κ2) is 9.19. The van der Waals surface area contributed by atoms with E-state index in [-0.39, 0.29) is 22.3 Å². The van der Waals surface area contributed by atoms with E-state index in [2.05, 4.69) is 15.2 Å². The van der Waals surface area contributed by atoms with Crippen molar-refractivity contribution in [3.63, 3.8) is 0 Å². The van der Waals surface area contributed by atoms with Crippen molar-refractivity contribution in [1.82, 2.24) is 14.8 Å². The van der Waals surface area contributed by atoms with Crippen molar-refractivity contribution in [2.75, 3.05) is 18.4 Å². The van der Waals surface area contributed by atoms with Gasteiger partial charge in [0.1, 0.15) is 10.6 Å². The van der Waals surface area contributed by atoms with Gasteiger partial charge in [0.25, 0.3) is 5.91 Å². The molecule has 0 saturated carbocycles. The first kappa shape index (κ1) is 22.6. The zero-order valence-corrected chi connectivity index (χ0v) is 18.0. The van der Waals surface area contributed by atoms with Crippen LogP contribution in [-0.4, -0.2) is 49.4 Å². The van der Waals surface area contributed by atoms with Crippen LogP contribution >= 0.6 is 0 Å². The van der Waals surface area contributed by atoms with Gasteiger partial charge in [0, 0.05) is 24.3 Å². The van der Waals surface area contributed by atoms with E-state index in [0.29, 0.717) is 24.3 Å². The Morgan fingerprint density at radius 1 is 1.21 bits per heavy atom. The molecule has 0 aliphatic heterocycles. The lowest BCUT2D eigenvalue weighted by Crippen LogP contribution is -2.41. The van der Waals surface area contributed by atoms with E-state index in [9.17, 15) is 18.0 Å². The molecule has 0 spiro atoms. The van der Waals surface area contributed by atoms with Crippen molar-refractivity contribution in [3.8, 4) is 0 Å². The van der Waals surface area contributed by atoms with E-state index in [1.807, 2.05) is 13.8 Å². The number of carbonyl (C=O) groups is 2. The van der Waals surface area contributed by atoms with Crippen LogP contribution in [0.5, 0.6) is 0 Å². The molecule has 0 radical (unpaired) electrons. The molecule has 10 heteroatoms. The summed E-state index contributed by atoms with van der Waals surface area (Å²) in [6, 6.07) is 5.46.